The van der Waals surface area contributed by atoms with Crippen LogP contribution in [0.2, 0.25) is 0 Å². The zero-order chi connectivity index (χ0) is 47.8. The number of aliphatic hydroxyl groups is 1. The summed E-state index contributed by atoms with van der Waals surface area (Å²) in [5, 5.41) is 12.5. The van der Waals surface area contributed by atoms with Crippen LogP contribution in [0.5, 0.6) is 0 Å². The van der Waals surface area contributed by atoms with Crippen molar-refractivity contribution in [3.8, 4) is 0 Å². The lowest BCUT2D eigenvalue weighted by atomic mass is 9.96. The molecule has 2 heterocycles. The molecular weight excluding hydrogens is 885 g/mol. The minimum Gasteiger partial charge on any atom is -0.459 e. The van der Waals surface area contributed by atoms with Gasteiger partial charge in [-0.25, -0.2) is 14.4 Å². The average Bonchev–Trinajstić information content (AvgIpc) is 3.40. The SMILES string of the molecule is CO[C@H]1O[C@H](COCc2ccccc2)[C@@H](O[C@@H]2O[C@H](COC(=O)c3ccccc3)[C@@H](OC(=O)c3ccccc3)[C@H](OC(=O)c3ccccc3)[C@H]2O)[C@H](OCc2ccccc2)[C@H]1OCc1ccccc1. The molecule has 0 saturated carbocycles. The molecule has 6 aromatic rings. The molecule has 69 heavy (non-hydrogen) atoms. The van der Waals surface area contributed by atoms with E-state index >= 15 is 0 Å². The molecule has 0 amide bonds. The van der Waals surface area contributed by atoms with E-state index in [1.807, 2.05) is 91.0 Å². The average molecular weight is 939 g/mol. The van der Waals surface area contributed by atoms with E-state index in [2.05, 4.69) is 0 Å². The van der Waals surface area contributed by atoms with E-state index in [0.717, 1.165) is 16.7 Å². The molecule has 2 aliphatic heterocycles. The summed E-state index contributed by atoms with van der Waals surface area (Å²) in [4.78, 5) is 41.3. The lowest BCUT2D eigenvalue weighted by molar-refractivity contribution is -0.366. The van der Waals surface area contributed by atoms with Crippen molar-refractivity contribution in [1.82, 2.24) is 0 Å². The maximum atomic E-state index is 13.9. The number of carbonyl (C=O) groups excluding carboxylic acids is 3. The summed E-state index contributed by atoms with van der Waals surface area (Å²) in [6.07, 6.45) is -13.1. The summed E-state index contributed by atoms with van der Waals surface area (Å²) in [6.45, 7) is -0.116. The Morgan fingerprint density at radius 3 is 1.35 bits per heavy atom. The Kier molecular flexibility index (Phi) is 17.4. The predicted molar refractivity (Wildman–Crippen MR) is 249 cm³/mol. The van der Waals surface area contributed by atoms with Crippen LogP contribution < -0.4 is 0 Å². The highest BCUT2D eigenvalue weighted by Crippen LogP contribution is 2.35. The second kappa shape index (κ2) is 24.6. The first kappa shape index (κ1) is 48.9. The molecule has 0 aromatic heterocycles. The molecule has 0 spiro atoms. The normalized spacial score (nSPS) is 24.4. The highest BCUT2D eigenvalue weighted by molar-refractivity contribution is 5.91. The van der Waals surface area contributed by atoms with Gasteiger partial charge >= 0.3 is 17.9 Å². The topological polar surface area (TPSA) is 164 Å². The van der Waals surface area contributed by atoms with Crippen LogP contribution in [0.1, 0.15) is 47.8 Å². The standard InChI is InChI=1S/C55H54O14/c1-60-55-50(63-34-39-24-12-4-13-25-39)49(62-33-38-22-10-3-11-23-38)47(43(66-55)35-61-32-37-20-8-2-9-21-37)69-54-45(56)48(68-53(59)42-30-18-7-19-31-42)46(67-52(58)41-28-16-6-17-29-41)44(65-54)36-64-51(57)40-26-14-5-15-27-40/h2-31,43-50,54-56H,32-36H2,1H3/t43-,44-,45-,46-,47-,48-,49+,50-,54+,55+/m1/s1. The molecule has 10 atom stereocenters. The highest BCUT2D eigenvalue weighted by atomic mass is 16.8. The van der Waals surface area contributed by atoms with Crippen LogP contribution in [0.15, 0.2) is 182 Å². The van der Waals surface area contributed by atoms with Crippen molar-refractivity contribution in [3.63, 3.8) is 0 Å². The number of benzene rings is 6. The van der Waals surface area contributed by atoms with Crippen molar-refractivity contribution in [2.24, 2.45) is 0 Å². The molecule has 14 heteroatoms. The van der Waals surface area contributed by atoms with E-state index in [9.17, 15) is 19.5 Å². The molecule has 8 rings (SSSR count). The van der Waals surface area contributed by atoms with Gasteiger partial charge in [0.1, 0.15) is 43.2 Å². The van der Waals surface area contributed by atoms with Crippen LogP contribution in [-0.2, 0) is 67.2 Å². The van der Waals surface area contributed by atoms with Gasteiger partial charge in [-0.3, -0.25) is 0 Å². The van der Waals surface area contributed by atoms with Crippen molar-refractivity contribution in [2.75, 3.05) is 20.3 Å². The van der Waals surface area contributed by atoms with Gasteiger partial charge in [0, 0.05) is 7.11 Å². The highest BCUT2D eigenvalue weighted by Gasteiger charge is 2.55. The van der Waals surface area contributed by atoms with E-state index in [0.29, 0.717) is 0 Å². The van der Waals surface area contributed by atoms with E-state index in [1.54, 1.807) is 91.0 Å². The van der Waals surface area contributed by atoms with Crippen LogP contribution in [0.4, 0.5) is 0 Å². The van der Waals surface area contributed by atoms with Gasteiger partial charge in [0.05, 0.1) is 43.1 Å². The molecule has 0 radical (unpaired) electrons. The molecule has 0 bridgehead atoms. The first-order valence-electron chi connectivity index (χ1n) is 22.7. The van der Waals surface area contributed by atoms with Gasteiger partial charge in [0.25, 0.3) is 0 Å². The first-order valence-corrected chi connectivity index (χ1v) is 22.7. The second-order valence-corrected chi connectivity index (χ2v) is 16.4. The fraction of sp³-hybridized carbons (Fsp3) is 0.291. The molecule has 2 fully saturated rings. The van der Waals surface area contributed by atoms with Gasteiger partial charge in [-0.1, -0.05) is 146 Å². The summed E-state index contributed by atoms with van der Waals surface area (Å²) in [7, 11) is 1.50. The van der Waals surface area contributed by atoms with Gasteiger partial charge < -0.3 is 52.5 Å². The van der Waals surface area contributed by atoms with Crippen LogP contribution >= 0.6 is 0 Å². The Morgan fingerprint density at radius 2 is 0.855 bits per heavy atom. The van der Waals surface area contributed by atoms with Crippen molar-refractivity contribution >= 4 is 17.9 Å². The van der Waals surface area contributed by atoms with Gasteiger partial charge in [0.2, 0.25) is 0 Å². The summed E-state index contributed by atoms with van der Waals surface area (Å²) in [5.74, 6) is -2.36. The number of ether oxygens (including phenoxy) is 10. The maximum Gasteiger partial charge on any atom is 0.338 e. The minimum absolute atomic E-state index is 0.0549. The van der Waals surface area contributed by atoms with Crippen LogP contribution in [0.3, 0.4) is 0 Å². The zero-order valence-corrected chi connectivity index (χ0v) is 37.9. The number of hydrogen-bond donors (Lipinski definition) is 1. The van der Waals surface area contributed by atoms with Gasteiger partial charge in [-0.05, 0) is 53.1 Å². The third-order valence-corrected chi connectivity index (χ3v) is 11.6. The number of methoxy groups -OCH3 is 1. The lowest BCUT2D eigenvalue weighted by Crippen LogP contribution is -2.66. The molecule has 14 nitrogen and oxygen atoms in total. The Balaban J connectivity index is 1.16. The van der Waals surface area contributed by atoms with E-state index in [4.69, 9.17) is 47.4 Å². The Morgan fingerprint density at radius 1 is 0.449 bits per heavy atom. The second-order valence-electron chi connectivity index (χ2n) is 16.4. The molecule has 6 aromatic carbocycles. The van der Waals surface area contributed by atoms with E-state index in [1.165, 1.54) is 7.11 Å². The number of esters is 3. The van der Waals surface area contributed by atoms with Crippen LogP contribution in [0.25, 0.3) is 0 Å². The Bertz CT molecular complexity index is 2480. The number of aliphatic hydroxyl groups excluding tert-OH is 1. The third kappa shape index (κ3) is 13.1. The van der Waals surface area contributed by atoms with Crippen molar-refractivity contribution < 1.29 is 66.9 Å². The van der Waals surface area contributed by atoms with E-state index in [-0.39, 0.29) is 43.1 Å². The zero-order valence-electron chi connectivity index (χ0n) is 37.9. The molecule has 2 aliphatic rings. The van der Waals surface area contributed by atoms with Crippen molar-refractivity contribution in [2.45, 2.75) is 81.2 Å². The van der Waals surface area contributed by atoms with Crippen molar-refractivity contribution in [3.05, 3.63) is 215 Å². The molecular formula is C55H54O14. The quantitative estimate of drug-likeness (QED) is 0.0590. The molecule has 358 valence electrons. The molecule has 0 unspecified atom stereocenters. The third-order valence-electron chi connectivity index (χ3n) is 11.6. The minimum atomic E-state index is -1.84. The van der Waals surface area contributed by atoms with Crippen molar-refractivity contribution in [1.29, 1.82) is 0 Å². The summed E-state index contributed by atoms with van der Waals surface area (Å²) in [6, 6.07) is 53.3. The number of carbonyl (C=O) groups is 3. The first-order chi connectivity index (χ1) is 33.8. The number of rotatable bonds is 20. The fourth-order valence-electron chi connectivity index (χ4n) is 8.05. The lowest BCUT2D eigenvalue weighted by Gasteiger charge is -2.49. The number of hydrogen-bond acceptors (Lipinski definition) is 14. The molecule has 0 aliphatic carbocycles. The summed E-state index contributed by atoms with van der Waals surface area (Å²) in [5.41, 5.74) is 3.20. The van der Waals surface area contributed by atoms with Gasteiger partial charge in [-0.15, -0.1) is 0 Å². The Labute approximate surface area is 400 Å². The molecule has 2 saturated heterocycles. The van der Waals surface area contributed by atoms with Crippen LogP contribution in [0, 0.1) is 0 Å². The predicted octanol–water partition coefficient (Wildman–Crippen LogP) is 7.52. The monoisotopic (exact) mass is 938 g/mol. The largest absolute Gasteiger partial charge is 0.459 e. The Hall–Kier alpha value is -6.59. The maximum absolute atomic E-state index is 13.9. The smallest absolute Gasteiger partial charge is 0.338 e. The van der Waals surface area contributed by atoms with E-state index < -0.39 is 85.9 Å². The van der Waals surface area contributed by atoms with Gasteiger partial charge in [0.15, 0.2) is 24.8 Å². The van der Waals surface area contributed by atoms with Gasteiger partial charge in [-0.2, -0.15) is 0 Å². The summed E-state index contributed by atoms with van der Waals surface area (Å²) >= 11 is 0. The van der Waals surface area contributed by atoms with Crippen LogP contribution in [-0.4, -0.2) is 105 Å². The fourth-order valence-corrected chi connectivity index (χ4v) is 8.05. The summed E-state index contributed by atoms with van der Waals surface area (Å²) < 4.78 is 63.7. The molecule has 1 N–H and O–H groups in total.